The fraction of sp³-hybridized carbons (Fsp3) is 0.800. The van der Waals surface area contributed by atoms with Crippen molar-refractivity contribution in [3.05, 3.63) is 17.0 Å². The molecule has 1 rings (SSSR count). The van der Waals surface area contributed by atoms with Crippen LogP contribution in [0.5, 0.6) is 0 Å². The summed E-state index contributed by atoms with van der Waals surface area (Å²) in [4.78, 5) is 0. The van der Waals surface area contributed by atoms with Gasteiger partial charge in [-0.15, -0.1) is 0 Å². The van der Waals surface area contributed by atoms with Crippen molar-refractivity contribution in [1.29, 1.82) is 0 Å². The van der Waals surface area contributed by atoms with Gasteiger partial charge in [0.1, 0.15) is 0 Å². The Labute approximate surface area is 129 Å². The molecule has 5 nitrogen and oxygen atoms in total. The second kappa shape index (κ2) is 7.94. The molecule has 0 saturated carbocycles. The number of hydrogen-bond donors (Lipinski definition) is 1. The fourth-order valence-electron chi connectivity index (χ4n) is 2.36. The van der Waals surface area contributed by atoms with Gasteiger partial charge in [-0.25, -0.2) is 8.42 Å². The van der Waals surface area contributed by atoms with Crippen molar-refractivity contribution in [3.8, 4) is 0 Å². The van der Waals surface area contributed by atoms with Crippen LogP contribution in [0.3, 0.4) is 0 Å². The fourth-order valence-corrected chi connectivity index (χ4v) is 3.26. The lowest BCUT2D eigenvalue weighted by Crippen LogP contribution is -2.22. The molecule has 0 radical (unpaired) electrons. The minimum atomic E-state index is -3.03. The van der Waals surface area contributed by atoms with Crippen LogP contribution in [0.15, 0.2) is 0 Å². The molecule has 6 heteroatoms. The van der Waals surface area contributed by atoms with Gasteiger partial charge in [-0.1, -0.05) is 20.8 Å². The zero-order valence-corrected chi connectivity index (χ0v) is 14.8. The standard InChI is InChI=1S/C15H29N3O2S/c1-6-14-13(11-16-8-3)15(7-2)18(17-14)9-10-21(19,20)12(4)5/h12,16H,6-11H2,1-5H3. The van der Waals surface area contributed by atoms with Crippen LogP contribution in [0.25, 0.3) is 0 Å². The van der Waals surface area contributed by atoms with E-state index in [9.17, 15) is 8.42 Å². The van der Waals surface area contributed by atoms with Gasteiger partial charge in [-0.3, -0.25) is 4.68 Å². The molecule has 1 heterocycles. The highest BCUT2D eigenvalue weighted by molar-refractivity contribution is 7.91. The van der Waals surface area contributed by atoms with Crippen molar-refractivity contribution < 1.29 is 8.42 Å². The van der Waals surface area contributed by atoms with Gasteiger partial charge in [-0.2, -0.15) is 5.10 Å². The number of hydrogen-bond acceptors (Lipinski definition) is 4. The van der Waals surface area contributed by atoms with Crippen molar-refractivity contribution in [3.63, 3.8) is 0 Å². The van der Waals surface area contributed by atoms with Gasteiger partial charge < -0.3 is 5.32 Å². The van der Waals surface area contributed by atoms with Crippen molar-refractivity contribution in [1.82, 2.24) is 15.1 Å². The Morgan fingerprint density at radius 1 is 1.19 bits per heavy atom. The lowest BCUT2D eigenvalue weighted by molar-refractivity contribution is 0.565. The minimum Gasteiger partial charge on any atom is -0.313 e. The summed E-state index contributed by atoms with van der Waals surface area (Å²) in [5, 5.41) is 7.64. The Morgan fingerprint density at radius 2 is 1.86 bits per heavy atom. The van der Waals surface area contributed by atoms with Crippen LogP contribution < -0.4 is 5.32 Å². The first-order valence-corrected chi connectivity index (χ1v) is 9.58. The van der Waals surface area contributed by atoms with Crippen molar-refractivity contribution in [2.75, 3.05) is 12.3 Å². The number of rotatable bonds is 9. The SMILES string of the molecule is CCNCc1c(CC)nn(CCS(=O)(=O)C(C)C)c1CC. The van der Waals surface area contributed by atoms with Crippen LogP contribution in [-0.2, 0) is 35.8 Å². The molecule has 0 aliphatic heterocycles. The Morgan fingerprint density at radius 3 is 2.33 bits per heavy atom. The quantitative estimate of drug-likeness (QED) is 0.756. The molecule has 21 heavy (non-hydrogen) atoms. The Hall–Kier alpha value is -0.880. The monoisotopic (exact) mass is 315 g/mol. The van der Waals surface area contributed by atoms with E-state index < -0.39 is 9.84 Å². The second-order valence-electron chi connectivity index (χ2n) is 5.50. The van der Waals surface area contributed by atoms with E-state index in [4.69, 9.17) is 0 Å². The molecule has 0 saturated heterocycles. The van der Waals surface area contributed by atoms with Crippen molar-refractivity contribution >= 4 is 9.84 Å². The zero-order chi connectivity index (χ0) is 16.0. The van der Waals surface area contributed by atoms with E-state index in [2.05, 4.69) is 31.2 Å². The largest absolute Gasteiger partial charge is 0.313 e. The van der Waals surface area contributed by atoms with E-state index in [-0.39, 0.29) is 11.0 Å². The maximum atomic E-state index is 12.0. The van der Waals surface area contributed by atoms with Gasteiger partial charge >= 0.3 is 0 Å². The molecule has 1 aromatic rings. The third-order valence-electron chi connectivity index (χ3n) is 3.78. The summed E-state index contributed by atoms with van der Waals surface area (Å²) in [6.07, 6.45) is 1.74. The van der Waals surface area contributed by atoms with E-state index in [0.29, 0.717) is 6.54 Å². The molecule has 0 spiro atoms. The number of nitrogens with zero attached hydrogens (tertiary/aromatic N) is 2. The summed E-state index contributed by atoms with van der Waals surface area (Å²) in [7, 11) is -3.03. The molecule has 0 amide bonds. The van der Waals surface area contributed by atoms with Crippen molar-refractivity contribution in [2.24, 2.45) is 0 Å². The van der Waals surface area contributed by atoms with Gasteiger partial charge in [0.2, 0.25) is 0 Å². The molecule has 0 unspecified atom stereocenters. The molecule has 1 N–H and O–H groups in total. The van der Waals surface area contributed by atoms with E-state index in [1.54, 1.807) is 13.8 Å². The Kier molecular flexibility index (Phi) is 6.87. The topological polar surface area (TPSA) is 64.0 Å². The number of aryl methyl sites for hydroxylation is 2. The van der Waals surface area contributed by atoms with Crippen LogP contribution in [0, 0.1) is 0 Å². The molecular formula is C15H29N3O2S. The third kappa shape index (κ3) is 4.54. The normalized spacial score (nSPS) is 12.3. The molecule has 1 aromatic heterocycles. The first-order chi connectivity index (χ1) is 9.87. The summed E-state index contributed by atoms with van der Waals surface area (Å²) in [6, 6.07) is 0. The molecule has 0 fully saturated rings. The summed E-state index contributed by atoms with van der Waals surface area (Å²) in [6.45, 7) is 11.9. The van der Waals surface area contributed by atoms with Crippen LogP contribution in [0.4, 0.5) is 0 Å². The highest BCUT2D eigenvalue weighted by Gasteiger charge is 2.19. The first kappa shape index (κ1) is 18.2. The Balaban J connectivity index is 2.99. The number of sulfone groups is 1. The molecular weight excluding hydrogens is 286 g/mol. The average Bonchev–Trinajstić information content (AvgIpc) is 2.79. The molecule has 0 aliphatic carbocycles. The van der Waals surface area contributed by atoms with Crippen LogP contribution in [-0.4, -0.2) is 35.7 Å². The van der Waals surface area contributed by atoms with Gasteiger partial charge in [0.25, 0.3) is 0 Å². The molecule has 0 aliphatic rings. The molecule has 0 aromatic carbocycles. The van der Waals surface area contributed by atoms with Crippen molar-refractivity contribution in [2.45, 2.75) is 65.8 Å². The van der Waals surface area contributed by atoms with E-state index in [0.717, 1.165) is 37.3 Å². The van der Waals surface area contributed by atoms with E-state index in [1.165, 1.54) is 5.56 Å². The molecule has 0 bridgehead atoms. The molecule has 0 atom stereocenters. The van der Waals surface area contributed by atoms with Crippen LogP contribution >= 0.6 is 0 Å². The predicted molar refractivity (Wildman–Crippen MR) is 87.3 cm³/mol. The van der Waals surface area contributed by atoms with Gasteiger partial charge in [0, 0.05) is 17.8 Å². The lowest BCUT2D eigenvalue weighted by Gasteiger charge is -2.10. The Bertz CT molecular complexity index is 548. The number of aromatic nitrogens is 2. The lowest BCUT2D eigenvalue weighted by atomic mass is 10.1. The maximum Gasteiger partial charge on any atom is 0.154 e. The second-order valence-corrected chi connectivity index (χ2v) is 8.18. The third-order valence-corrected chi connectivity index (χ3v) is 5.97. The maximum absolute atomic E-state index is 12.0. The highest BCUT2D eigenvalue weighted by Crippen LogP contribution is 2.17. The van der Waals surface area contributed by atoms with Crippen LogP contribution in [0.1, 0.15) is 51.6 Å². The van der Waals surface area contributed by atoms with E-state index in [1.807, 2.05) is 4.68 Å². The summed E-state index contributed by atoms with van der Waals surface area (Å²) < 4.78 is 25.9. The summed E-state index contributed by atoms with van der Waals surface area (Å²) in [5.74, 6) is 0.156. The van der Waals surface area contributed by atoms with E-state index >= 15 is 0 Å². The van der Waals surface area contributed by atoms with Crippen LogP contribution in [0.2, 0.25) is 0 Å². The molecule has 122 valence electrons. The average molecular weight is 315 g/mol. The minimum absolute atomic E-state index is 0.156. The first-order valence-electron chi connectivity index (χ1n) is 7.86. The summed E-state index contributed by atoms with van der Waals surface area (Å²) in [5.41, 5.74) is 3.48. The van der Waals surface area contributed by atoms with Gasteiger partial charge in [-0.05, 0) is 33.2 Å². The number of nitrogens with one attached hydrogen (secondary N) is 1. The zero-order valence-electron chi connectivity index (χ0n) is 13.9. The summed E-state index contributed by atoms with van der Waals surface area (Å²) >= 11 is 0. The smallest absolute Gasteiger partial charge is 0.154 e. The van der Waals surface area contributed by atoms with Gasteiger partial charge in [0.15, 0.2) is 9.84 Å². The predicted octanol–water partition coefficient (Wildman–Crippen LogP) is 1.94. The van der Waals surface area contributed by atoms with Gasteiger partial charge in [0.05, 0.1) is 23.2 Å². The highest BCUT2D eigenvalue weighted by atomic mass is 32.2.